The van der Waals surface area contributed by atoms with Gasteiger partial charge in [0, 0.05) is 24.0 Å². The normalized spacial score (nSPS) is 10.5. The Morgan fingerprint density at radius 2 is 2.30 bits per heavy atom. The van der Waals surface area contributed by atoms with Crippen LogP contribution in [0.2, 0.25) is 0 Å². The molecule has 0 fully saturated rings. The monoisotopic (exact) mass is 295 g/mol. The van der Waals surface area contributed by atoms with E-state index in [0.717, 1.165) is 22.8 Å². The molecule has 2 rings (SSSR count). The van der Waals surface area contributed by atoms with Gasteiger partial charge in [-0.2, -0.15) is 0 Å². The summed E-state index contributed by atoms with van der Waals surface area (Å²) in [6, 6.07) is 2.22. The second kappa shape index (κ2) is 5.87. The zero-order chi connectivity index (χ0) is 14.7. The summed E-state index contributed by atoms with van der Waals surface area (Å²) in [5.74, 6) is -2.14. The van der Waals surface area contributed by atoms with Crippen molar-refractivity contribution in [2.45, 2.75) is 13.3 Å². The first-order chi connectivity index (χ1) is 9.47. The third kappa shape index (κ3) is 3.24. The van der Waals surface area contributed by atoms with Gasteiger partial charge >= 0.3 is 5.97 Å². The molecule has 2 aromatic rings. The number of aromatic nitrogens is 1. The van der Waals surface area contributed by atoms with Crippen LogP contribution in [-0.2, 0) is 6.42 Å². The molecule has 0 spiro atoms. The number of aromatic carboxylic acids is 1. The van der Waals surface area contributed by atoms with Gasteiger partial charge in [-0.05, 0) is 19.1 Å². The highest BCUT2D eigenvalue weighted by Crippen LogP contribution is 2.23. The van der Waals surface area contributed by atoms with Gasteiger partial charge in [0.15, 0.2) is 0 Å². The van der Waals surface area contributed by atoms with E-state index in [0.29, 0.717) is 18.7 Å². The fourth-order valence-electron chi connectivity index (χ4n) is 1.73. The highest BCUT2D eigenvalue weighted by Gasteiger charge is 2.13. The number of aryl methyl sites for hydroxylation is 1. The van der Waals surface area contributed by atoms with E-state index >= 15 is 0 Å². The van der Waals surface area contributed by atoms with Crippen LogP contribution in [0.1, 0.15) is 21.1 Å². The number of nitrogens with two attached hydrogens (primary N) is 1. The van der Waals surface area contributed by atoms with Gasteiger partial charge < -0.3 is 16.2 Å². The minimum Gasteiger partial charge on any atom is -0.478 e. The molecular weight excluding hydrogens is 281 g/mol. The molecule has 1 heterocycles. The van der Waals surface area contributed by atoms with Gasteiger partial charge in [0.1, 0.15) is 5.82 Å². The summed E-state index contributed by atoms with van der Waals surface area (Å²) in [5, 5.41) is 14.7. The quantitative estimate of drug-likeness (QED) is 0.738. The van der Waals surface area contributed by atoms with Gasteiger partial charge in [-0.25, -0.2) is 14.2 Å². The van der Waals surface area contributed by atoms with Crippen LogP contribution in [0.3, 0.4) is 0 Å². The number of nitrogen functional groups attached to an aromatic ring is 1. The summed E-state index contributed by atoms with van der Waals surface area (Å²) in [5.41, 5.74) is 6.85. The number of hydrogen-bond acceptors (Lipinski definition) is 5. The topological polar surface area (TPSA) is 88.2 Å². The van der Waals surface area contributed by atoms with Crippen LogP contribution < -0.4 is 11.1 Å². The minimum absolute atomic E-state index is 0.208. The zero-order valence-electron chi connectivity index (χ0n) is 10.8. The Balaban J connectivity index is 2.03. The number of benzene rings is 1. The Morgan fingerprint density at radius 3 is 2.90 bits per heavy atom. The predicted molar refractivity (Wildman–Crippen MR) is 76.8 cm³/mol. The summed E-state index contributed by atoms with van der Waals surface area (Å²) in [4.78, 5) is 15.1. The third-order valence-electron chi connectivity index (χ3n) is 2.69. The van der Waals surface area contributed by atoms with Gasteiger partial charge in [-0.15, -0.1) is 11.3 Å². The Labute approximate surface area is 119 Å². The Bertz CT molecular complexity index is 643. The van der Waals surface area contributed by atoms with Crippen LogP contribution in [-0.4, -0.2) is 22.6 Å². The number of carbonyl (C=O) groups is 1. The van der Waals surface area contributed by atoms with Crippen molar-refractivity contribution in [3.8, 4) is 0 Å². The molecule has 7 heteroatoms. The van der Waals surface area contributed by atoms with E-state index in [1.807, 2.05) is 12.3 Å². The van der Waals surface area contributed by atoms with Gasteiger partial charge in [-0.3, -0.25) is 0 Å². The van der Waals surface area contributed by atoms with Gasteiger partial charge in [0.2, 0.25) is 0 Å². The molecule has 20 heavy (non-hydrogen) atoms. The molecule has 1 aromatic carbocycles. The van der Waals surface area contributed by atoms with Crippen molar-refractivity contribution < 1.29 is 14.3 Å². The lowest BCUT2D eigenvalue weighted by molar-refractivity contribution is 0.0692. The van der Waals surface area contributed by atoms with Crippen molar-refractivity contribution in [3.63, 3.8) is 0 Å². The fraction of sp³-hybridized carbons (Fsp3) is 0.231. The van der Waals surface area contributed by atoms with E-state index in [-0.39, 0.29) is 5.69 Å². The highest BCUT2D eigenvalue weighted by molar-refractivity contribution is 7.09. The first kappa shape index (κ1) is 14.3. The minimum atomic E-state index is -1.33. The van der Waals surface area contributed by atoms with E-state index in [9.17, 15) is 9.18 Å². The van der Waals surface area contributed by atoms with Crippen LogP contribution in [0.5, 0.6) is 0 Å². The number of anilines is 2. The molecule has 0 amide bonds. The average molecular weight is 295 g/mol. The fourth-order valence-corrected chi connectivity index (χ4v) is 2.50. The van der Waals surface area contributed by atoms with Crippen LogP contribution in [0.15, 0.2) is 17.5 Å². The predicted octanol–water partition coefficient (Wildman–Crippen LogP) is 2.53. The van der Waals surface area contributed by atoms with Crippen molar-refractivity contribution in [3.05, 3.63) is 39.6 Å². The molecule has 0 bridgehead atoms. The third-order valence-corrected chi connectivity index (χ3v) is 3.72. The van der Waals surface area contributed by atoms with E-state index in [2.05, 4.69) is 10.3 Å². The van der Waals surface area contributed by atoms with Crippen molar-refractivity contribution in [2.75, 3.05) is 17.6 Å². The summed E-state index contributed by atoms with van der Waals surface area (Å²) in [7, 11) is 0. The average Bonchev–Trinajstić information content (AvgIpc) is 2.78. The zero-order valence-corrected chi connectivity index (χ0v) is 11.6. The van der Waals surface area contributed by atoms with E-state index < -0.39 is 17.3 Å². The largest absolute Gasteiger partial charge is 0.478 e. The molecule has 1 aromatic heterocycles. The number of halogens is 1. The van der Waals surface area contributed by atoms with Crippen molar-refractivity contribution in [1.82, 2.24) is 4.98 Å². The Kier molecular flexibility index (Phi) is 4.19. The van der Waals surface area contributed by atoms with Crippen LogP contribution in [0.4, 0.5) is 15.8 Å². The number of hydrogen-bond donors (Lipinski definition) is 3. The molecule has 0 saturated heterocycles. The van der Waals surface area contributed by atoms with Crippen LogP contribution in [0.25, 0.3) is 0 Å². The second-order valence-corrected chi connectivity index (χ2v) is 5.23. The summed E-state index contributed by atoms with van der Waals surface area (Å²) in [6.07, 6.45) is 0.695. The first-order valence-electron chi connectivity index (χ1n) is 5.94. The van der Waals surface area contributed by atoms with Crippen molar-refractivity contribution >= 4 is 28.7 Å². The highest BCUT2D eigenvalue weighted by atomic mass is 32.1. The SMILES string of the molecule is Cc1csc(CCNc2cc(F)c(C(=O)O)cc2N)n1. The van der Waals surface area contributed by atoms with E-state index in [1.54, 1.807) is 11.3 Å². The van der Waals surface area contributed by atoms with Crippen molar-refractivity contribution in [1.29, 1.82) is 0 Å². The molecular formula is C13H14FN3O2S. The van der Waals surface area contributed by atoms with Crippen LogP contribution >= 0.6 is 11.3 Å². The summed E-state index contributed by atoms with van der Waals surface area (Å²) < 4.78 is 13.5. The molecule has 0 unspecified atom stereocenters. The molecule has 0 aliphatic carbocycles. The maximum atomic E-state index is 13.5. The number of rotatable bonds is 5. The number of carboxylic acids is 1. The summed E-state index contributed by atoms with van der Waals surface area (Å²) in [6.45, 7) is 2.47. The number of carboxylic acid groups (broad SMARTS) is 1. The molecule has 0 aliphatic heterocycles. The number of thiazole rings is 1. The standard InChI is InChI=1S/C13H14FN3O2S/c1-7-6-20-12(17-7)2-3-16-11-5-9(14)8(13(18)19)4-10(11)15/h4-6,16H,2-3,15H2,1H3,(H,18,19). The molecule has 0 aliphatic rings. The molecule has 0 saturated carbocycles. The number of nitrogens with zero attached hydrogens (tertiary/aromatic N) is 1. The smallest absolute Gasteiger partial charge is 0.338 e. The van der Waals surface area contributed by atoms with E-state index in [1.165, 1.54) is 0 Å². The van der Waals surface area contributed by atoms with Crippen molar-refractivity contribution in [2.24, 2.45) is 0 Å². The maximum absolute atomic E-state index is 13.5. The Morgan fingerprint density at radius 1 is 1.55 bits per heavy atom. The van der Waals surface area contributed by atoms with E-state index in [4.69, 9.17) is 10.8 Å². The first-order valence-corrected chi connectivity index (χ1v) is 6.82. The lowest BCUT2D eigenvalue weighted by atomic mass is 10.1. The van der Waals surface area contributed by atoms with Gasteiger partial charge in [-0.1, -0.05) is 0 Å². The molecule has 0 atom stereocenters. The van der Waals surface area contributed by atoms with Gasteiger partial charge in [0.05, 0.1) is 21.9 Å². The van der Waals surface area contributed by atoms with Gasteiger partial charge in [0.25, 0.3) is 0 Å². The second-order valence-electron chi connectivity index (χ2n) is 4.28. The molecule has 106 valence electrons. The summed E-state index contributed by atoms with van der Waals surface area (Å²) >= 11 is 1.56. The molecule has 4 N–H and O–H groups in total. The lowest BCUT2D eigenvalue weighted by Gasteiger charge is -2.10. The maximum Gasteiger partial charge on any atom is 0.338 e. The Hall–Kier alpha value is -2.15. The van der Waals surface area contributed by atoms with Crippen LogP contribution in [0, 0.1) is 12.7 Å². The lowest BCUT2D eigenvalue weighted by Crippen LogP contribution is -2.09. The molecule has 0 radical (unpaired) electrons. The molecule has 5 nitrogen and oxygen atoms in total. The number of nitrogens with one attached hydrogen (secondary N) is 1.